The van der Waals surface area contributed by atoms with Crippen LogP contribution in [0.5, 0.6) is 5.75 Å². The normalized spacial score (nSPS) is 28.0. The molecule has 2 heterocycles. The predicted molar refractivity (Wildman–Crippen MR) is 84.0 cm³/mol. The summed E-state index contributed by atoms with van der Waals surface area (Å²) in [5.74, 6) is -0.601. The van der Waals surface area contributed by atoms with Crippen LogP contribution < -0.4 is 10.1 Å². The van der Waals surface area contributed by atoms with Gasteiger partial charge in [0.1, 0.15) is 0 Å². The Hall–Kier alpha value is -1.66. The molecule has 0 aliphatic carbocycles. The van der Waals surface area contributed by atoms with Crippen LogP contribution in [-0.2, 0) is 0 Å². The Bertz CT molecular complexity index is 591. The predicted octanol–water partition coefficient (Wildman–Crippen LogP) is 1.41. The molecule has 2 saturated heterocycles. The zero-order chi connectivity index (χ0) is 16.4. The maximum Gasteiger partial charge on any atom is 0.253 e. The van der Waals surface area contributed by atoms with E-state index in [0.29, 0.717) is 25.1 Å². The van der Waals surface area contributed by atoms with E-state index in [1.54, 1.807) is 11.0 Å². The van der Waals surface area contributed by atoms with Crippen molar-refractivity contribution in [2.45, 2.75) is 25.4 Å². The monoisotopic (exact) mass is 322 g/mol. The number of hydrogen-bond donors (Lipinski definition) is 2. The van der Waals surface area contributed by atoms with Gasteiger partial charge in [0, 0.05) is 30.6 Å². The van der Waals surface area contributed by atoms with Crippen molar-refractivity contribution in [3.05, 3.63) is 29.6 Å². The van der Waals surface area contributed by atoms with E-state index in [2.05, 4.69) is 5.32 Å². The minimum Gasteiger partial charge on any atom is -0.494 e. The van der Waals surface area contributed by atoms with Gasteiger partial charge >= 0.3 is 0 Å². The minimum atomic E-state index is -0.538. The topological polar surface area (TPSA) is 61.8 Å². The van der Waals surface area contributed by atoms with Crippen molar-refractivity contribution in [2.24, 2.45) is 5.41 Å². The van der Waals surface area contributed by atoms with Crippen LogP contribution in [0.3, 0.4) is 0 Å². The van der Waals surface area contributed by atoms with Gasteiger partial charge in [-0.1, -0.05) is 0 Å². The molecule has 126 valence electrons. The summed E-state index contributed by atoms with van der Waals surface area (Å²) < 4.78 is 18.7. The molecule has 0 aromatic heterocycles. The van der Waals surface area contributed by atoms with Gasteiger partial charge in [-0.05, 0) is 44.0 Å². The highest BCUT2D eigenvalue weighted by atomic mass is 19.1. The number of halogens is 1. The second-order valence-electron chi connectivity index (χ2n) is 6.52. The summed E-state index contributed by atoms with van der Waals surface area (Å²) in [6, 6.07) is 4.28. The maximum atomic E-state index is 13.8. The number of hydrogen-bond acceptors (Lipinski definition) is 4. The number of carbonyl (C=O) groups is 1. The molecule has 2 N–H and O–H groups in total. The molecule has 3 rings (SSSR count). The average molecular weight is 322 g/mol. The van der Waals surface area contributed by atoms with Crippen LogP contribution in [0.25, 0.3) is 0 Å². The van der Waals surface area contributed by atoms with Gasteiger partial charge in [0.25, 0.3) is 5.91 Å². The summed E-state index contributed by atoms with van der Waals surface area (Å²) in [5, 5.41) is 13.7. The molecule has 0 bridgehead atoms. The molecule has 0 radical (unpaired) electrons. The number of ether oxygens (including phenoxy) is 1. The highest BCUT2D eigenvalue weighted by Gasteiger charge is 2.44. The number of aliphatic hydroxyl groups is 1. The number of aliphatic hydroxyl groups excluding tert-OH is 1. The maximum absolute atomic E-state index is 13.8. The van der Waals surface area contributed by atoms with Gasteiger partial charge in [-0.3, -0.25) is 4.79 Å². The molecule has 5 nitrogen and oxygen atoms in total. The SMILES string of the molecule is COc1ccc(C(=O)N2CCC[C@]3(CNCC[C@@H]3O)C2)cc1F. The van der Waals surface area contributed by atoms with E-state index < -0.39 is 11.9 Å². The molecule has 6 heteroatoms. The number of amides is 1. The van der Waals surface area contributed by atoms with Crippen LogP contribution in [0.15, 0.2) is 18.2 Å². The number of piperidine rings is 2. The molecule has 2 atom stereocenters. The summed E-state index contributed by atoms with van der Waals surface area (Å²) in [6.07, 6.45) is 2.07. The summed E-state index contributed by atoms with van der Waals surface area (Å²) in [5.41, 5.74) is 0.0376. The second kappa shape index (κ2) is 6.45. The van der Waals surface area contributed by atoms with Gasteiger partial charge in [0.2, 0.25) is 0 Å². The Morgan fingerprint density at radius 2 is 2.35 bits per heavy atom. The Morgan fingerprint density at radius 3 is 3.04 bits per heavy atom. The van der Waals surface area contributed by atoms with Gasteiger partial charge in [-0.25, -0.2) is 4.39 Å². The van der Waals surface area contributed by atoms with E-state index in [1.165, 1.54) is 19.2 Å². The molecule has 23 heavy (non-hydrogen) atoms. The average Bonchev–Trinajstić information content (AvgIpc) is 2.57. The fourth-order valence-electron chi connectivity index (χ4n) is 3.73. The third kappa shape index (κ3) is 3.05. The lowest BCUT2D eigenvalue weighted by Gasteiger charge is -2.48. The first-order chi connectivity index (χ1) is 11.1. The zero-order valence-corrected chi connectivity index (χ0v) is 13.3. The fraction of sp³-hybridized carbons (Fsp3) is 0.588. The highest BCUT2D eigenvalue weighted by Crippen LogP contribution is 2.36. The van der Waals surface area contributed by atoms with Gasteiger partial charge in [-0.2, -0.15) is 0 Å². The van der Waals surface area contributed by atoms with Crippen LogP contribution in [-0.4, -0.2) is 55.3 Å². The van der Waals surface area contributed by atoms with Crippen LogP contribution in [0.4, 0.5) is 4.39 Å². The first-order valence-corrected chi connectivity index (χ1v) is 8.07. The summed E-state index contributed by atoms with van der Waals surface area (Å²) in [6.45, 7) is 2.67. The molecule has 2 aliphatic rings. The van der Waals surface area contributed by atoms with Gasteiger partial charge < -0.3 is 20.1 Å². The molecule has 2 aliphatic heterocycles. The fourth-order valence-corrected chi connectivity index (χ4v) is 3.73. The Kier molecular flexibility index (Phi) is 4.55. The van der Waals surface area contributed by atoms with E-state index in [1.807, 2.05) is 0 Å². The van der Waals surface area contributed by atoms with E-state index in [9.17, 15) is 14.3 Å². The van der Waals surface area contributed by atoms with Crippen LogP contribution in [0, 0.1) is 11.2 Å². The Morgan fingerprint density at radius 1 is 1.52 bits per heavy atom. The lowest BCUT2D eigenvalue weighted by atomic mass is 9.72. The highest BCUT2D eigenvalue weighted by molar-refractivity contribution is 5.94. The molecular weight excluding hydrogens is 299 g/mol. The molecular formula is C17H23FN2O3. The first kappa shape index (κ1) is 16.2. The van der Waals surface area contributed by atoms with Crippen molar-refractivity contribution < 1.29 is 19.0 Å². The number of rotatable bonds is 2. The standard InChI is InChI=1S/C17H23FN2O3/c1-23-14-4-3-12(9-13(14)18)16(22)20-8-2-6-17(11-20)10-19-7-5-15(17)21/h3-4,9,15,19,21H,2,5-8,10-11H2,1H3/t15-,17-/m0/s1. The quantitative estimate of drug-likeness (QED) is 0.864. The molecule has 1 aromatic rings. The number of methoxy groups -OCH3 is 1. The molecule has 0 unspecified atom stereocenters. The van der Waals surface area contributed by atoms with Crippen molar-refractivity contribution in [2.75, 3.05) is 33.3 Å². The third-order valence-corrected chi connectivity index (χ3v) is 5.07. The number of nitrogens with one attached hydrogen (secondary N) is 1. The van der Waals surface area contributed by atoms with Crippen LogP contribution >= 0.6 is 0 Å². The molecule has 1 aromatic carbocycles. The number of carbonyl (C=O) groups excluding carboxylic acids is 1. The summed E-state index contributed by atoms with van der Waals surface area (Å²) in [4.78, 5) is 14.4. The number of nitrogens with zero attached hydrogens (tertiary/aromatic N) is 1. The Labute approximate surface area is 135 Å². The van der Waals surface area contributed by atoms with Crippen molar-refractivity contribution in [3.63, 3.8) is 0 Å². The van der Waals surface area contributed by atoms with Crippen LogP contribution in [0.1, 0.15) is 29.6 Å². The summed E-state index contributed by atoms with van der Waals surface area (Å²) in [7, 11) is 1.39. The largest absolute Gasteiger partial charge is 0.494 e. The van der Waals surface area contributed by atoms with Crippen molar-refractivity contribution in [3.8, 4) is 5.75 Å². The van der Waals surface area contributed by atoms with Crippen molar-refractivity contribution >= 4 is 5.91 Å². The smallest absolute Gasteiger partial charge is 0.253 e. The lowest BCUT2D eigenvalue weighted by Crippen LogP contribution is -2.58. The van der Waals surface area contributed by atoms with E-state index >= 15 is 0 Å². The van der Waals surface area contributed by atoms with E-state index in [4.69, 9.17) is 4.74 Å². The molecule has 2 fully saturated rings. The zero-order valence-electron chi connectivity index (χ0n) is 13.3. The van der Waals surface area contributed by atoms with Gasteiger partial charge in [0.15, 0.2) is 11.6 Å². The van der Waals surface area contributed by atoms with Crippen LogP contribution in [0.2, 0.25) is 0 Å². The first-order valence-electron chi connectivity index (χ1n) is 8.07. The third-order valence-electron chi connectivity index (χ3n) is 5.07. The lowest BCUT2D eigenvalue weighted by molar-refractivity contribution is -0.0433. The van der Waals surface area contributed by atoms with Gasteiger partial charge in [0.05, 0.1) is 13.2 Å². The van der Waals surface area contributed by atoms with E-state index in [-0.39, 0.29) is 17.1 Å². The minimum absolute atomic E-state index is 0.128. The molecule has 1 spiro atoms. The number of benzene rings is 1. The van der Waals surface area contributed by atoms with Crippen molar-refractivity contribution in [1.29, 1.82) is 0 Å². The Balaban J connectivity index is 1.78. The molecule has 1 amide bonds. The van der Waals surface area contributed by atoms with E-state index in [0.717, 1.165) is 25.9 Å². The van der Waals surface area contributed by atoms with Gasteiger partial charge in [-0.15, -0.1) is 0 Å². The molecule has 0 saturated carbocycles. The second-order valence-corrected chi connectivity index (χ2v) is 6.52. The summed E-state index contributed by atoms with van der Waals surface area (Å²) >= 11 is 0. The number of likely N-dealkylation sites (tertiary alicyclic amines) is 1. The van der Waals surface area contributed by atoms with Crippen molar-refractivity contribution in [1.82, 2.24) is 10.2 Å².